The van der Waals surface area contributed by atoms with Crippen molar-refractivity contribution in [3.63, 3.8) is 0 Å². The maximum Gasteiger partial charge on any atom is 0.332 e. The van der Waals surface area contributed by atoms with Crippen LogP contribution in [0.25, 0.3) is 11.0 Å². The predicted molar refractivity (Wildman–Crippen MR) is 97.0 cm³/mol. The average Bonchev–Trinajstić information content (AvgIpc) is 2.69. The van der Waals surface area contributed by atoms with Crippen LogP contribution in [0, 0.1) is 0 Å². The number of hydrogen-bond acceptors (Lipinski definition) is 5. The quantitative estimate of drug-likeness (QED) is 0.697. The van der Waals surface area contributed by atoms with Crippen LogP contribution in [0.3, 0.4) is 0 Å². The van der Waals surface area contributed by atoms with Gasteiger partial charge in [-0.2, -0.15) is 0 Å². The van der Waals surface area contributed by atoms with E-state index in [4.69, 9.17) is 0 Å². The Bertz CT molecular complexity index is 1100. The predicted octanol–water partition coefficient (Wildman–Crippen LogP) is 0.860. The molecule has 0 aromatic carbocycles. The van der Waals surface area contributed by atoms with Crippen molar-refractivity contribution in [2.75, 3.05) is 7.05 Å². The molecule has 0 aliphatic rings. The largest absolute Gasteiger partial charge is 0.334 e. The highest BCUT2D eigenvalue weighted by molar-refractivity contribution is 5.94. The molecule has 0 unspecified atom stereocenters. The third-order valence-corrected chi connectivity index (χ3v) is 4.61. The zero-order chi connectivity index (χ0) is 19.0. The molecule has 0 fully saturated rings. The molecule has 0 spiro atoms. The van der Waals surface area contributed by atoms with Crippen LogP contribution in [0.15, 0.2) is 46.2 Å². The molecule has 8 nitrogen and oxygen atoms in total. The fourth-order valence-corrected chi connectivity index (χ4v) is 2.80. The first-order valence-corrected chi connectivity index (χ1v) is 8.06. The molecule has 0 bridgehead atoms. The molecule has 134 valence electrons. The average molecular weight is 353 g/mol. The molecule has 3 aromatic heterocycles. The summed E-state index contributed by atoms with van der Waals surface area (Å²) in [7, 11) is 4.62. The third-order valence-electron chi connectivity index (χ3n) is 4.61. The van der Waals surface area contributed by atoms with Gasteiger partial charge in [-0.05, 0) is 36.8 Å². The number of hydrogen-bond donors (Lipinski definition) is 0. The van der Waals surface area contributed by atoms with Gasteiger partial charge in [-0.3, -0.25) is 23.7 Å². The van der Waals surface area contributed by atoms with E-state index in [-0.39, 0.29) is 28.7 Å². The number of aryl methyl sites for hydroxylation is 1. The van der Waals surface area contributed by atoms with Gasteiger partial charge in [0.1, 0.15) is 11.3 Å². The summed E-state index contributed by atoms with van der Waals surface area (Å²) in [5.74, 6) is -0.302. The van der Waals surface area contributed by atoms with Crippen molar-refractivity contribution in [2.24, 2.45) is 14.1 Å². The number of carbonyl (C=O) groups excluding carboxylic acids is 1. The molecule has 3 heterocycles. The van der Waals surface area contributed by atoms with Gasteiger partial charge < -0.3 is 4.90 Å². The minimum absolute atomic E-state index is 0.171. The zero-order valence-electron chi connectivity index (χ0n) is 15.0. The number of amides is 1. The van der Waals surface area contributed by atoms with Gasteiger partial charge in [0.05, 0.1) is 11.4 Å². The highest BCUT2D eigenvalue weighted by Crippen LogP contribution is 2.20. The zero-order valence-corrected chi connectivity index (χ0v) is 15.0. The molecule has 3 rings (SSSR count). The van der Waals surface area contributed by atoms with Crippen molar-refractivity contribution in [3.05, 3.63) is 68.8 Å². The molecule has 0 N–H and O–H groups in total. The number of pyridine rings is 2. The lowest BCUT2D eigenvalue weighted by Crippen LogP contribution is -2.37. The van der Waals surface area contributed by atoms with Crippen LogP contribution < -0.4 is 11.2 Å². The van der Waals surface area contributed by atoms with Gasteiger partial charge in [0.25, 0.3) is 11.5 Å². The summed E-state index contributed by atoms with van der Waals surface area (Å²) in [4.78, 5) is 47.0. The summed E-state index contributed by atoms with van der Waals surface area (Å²) in [6, 6.07) is 6.54. The fraction of sp³-hybridized carbons (Fsp3) is 0.278. The summed E-state index contributed by atoms with van der Waals surface area (Å²) in [5, 5.41) is 0.288. The van der Waals surface area contributed by atoms with Crippen LogP contribution in [0.2, 0.25) is 0 Å². The van der Waals surface area contributed by atoms with Gasteiger partial charge in [-0.1, -0.05) is 0 Å². The highest BCUT2D eigenvalue weighted by atomic mass is 16.2. The van der Waals surface area contributed by atoms with E-state index in [0.717, 1.165) is 10.1 Å². The Morgan fingerprint density at radius 3 is 2.38 bits per heavy atom. The van der Waals surface area contributed by atoms with E-state index < -0.39 is 11.2 Å². The summed E-state index contributed by atoms with van der Waals surface area (Å²) in [5.41, 5.74) is 0.377. The van der Waals surface area contributed by atoms with Gasteiger partial charge in [-0.25, -0.2) is 9.78 Å². The fourth-order valence-electron chi connectivity index (χ4n) is 2.80. The Hall–Kier alpha value is -3.29. The van der Waals surface area contributed by atoms with Crippen LogP contribution >= 0.6 is 0 Å². The minimum Gasteiger partial charge on any atom is -0.334 e. The normalized spacial score (nSPS) is 12.2. The van der Waals surface area contributed by atoms with Gasteiger partial charge in [0.2, 0.25) is 0 Å². The SMILES string of the molecule is C[C@H](c1ccncc1)N(C)C(=O)c1ccc2c(=O)n(C)c(=O)n(C)c2n1. The van der Waals surface area contributed by atoms with E-state index in [1.165, 1.54) is 30.8 Å². The van der Waals surface area contributed by atoms with Gasteiger partial charge in [-0.15, -0.1) is 0 Å². The molecule has 26 heavy (non-hydrogen) atoms. The van der Waals surface area contributed by atoms with Crippen molar-refractivity contribution in [2.45, 2.75) is 13.0 Å². The van der Waals surface area contributed by atoms with E-state index in [0.29, 0.717) is 0 Å². The molecule has 0 saturated heterocycles. The van der Waals surface area contributed by atoms with Crippen LogP contribution in [-0.4, -0.2) is 37.0 Å². The van der Waals surface area contributed by atoms with E-state index in [9.17, 15) is 14.4 Å². The number of carbonyl (C=O) groups is 1. The van der Waals surface area contributed by atoms with Gasteiger partial charge >= 0.3 is 5.69 Å². The lowest BCUT2D eigenvalue weighted by Gasteiger charge is -2.25. The first-order valence-electron chi connectivity index (χ1n) is 8.06. The van der Waals surface area contributed by atoms with Crippen molar-refractivity contribution >= 4 is 16.9 Å². The molecular weight excluding hydrogens is 334 g/mol. The highest BCUT2D eigenvalue weighted by Gasteiger charge is 2.21. The Morgan fingerprint density at radius 2 is 1.73 bits per heavy atom. The molecule has 1 amide bonds. The molecule has 3 aromatic rings. The van der Waals surface area contributed by atoms with E-state index in [2.05, 4.69) is 9.97 Å². The number of aromatic nitrogens is 4. The van der Waals surface area contributed by atoms with Gasteiger partial charge in [0.15, 0.2) is 0 Å². The Balaban J connectivity index is 2.04. The van der Waals surface area contributed by atoms with E-state index in [1.807, 2.05) is 19.1 Å². The second-order valence-electron chi connectivity index (χ2n) is 6.15. The summed E-state index contributed by atoms with van der Waals surface area (Å²) >= 11 is 0. The maximum absolute atomic E-state index is 12.8. The molecular formula is C18H19N5O3. The van der Waals surface area contributed by atoms with Crippen molar-refractivity contribution in [1.29, 1.82) is 0 Å². The number of nitrogens with zero attached hydrogens (tertiary/aromatic N) is 5. The molecule has 8 heteroatoms. The van der Waals surface area contributed by atoms with Crippen LogP contribution in [-0.2, 0) is 14.1 Å². The Morgan fingerprint density at radius 1 is 1.08 bits per heavy atom. The van der Waals surface area contributed by atoms with Crippen LogP contribution in [0.1, 0.15) is 29.0 Å². The topological polar surface area (TPSA) is 90.1 Å². The molecule has 0 radical (unpaired) electrons. The van der Waals surface area contributed by atoms with Crippen molar-refractivity contribution < 1.29 is 4.79 Å². The smallest absolute Gasteiger partial charge is 0.332 e. The standard InChI is InChI=1S/C18H19N5O3/c1-11(12-7-9-19-10-8-12)21(2)17(25)14-6-5-13-15(20-14)22(3)18(26)23(4)16(13)24/h5-11H,1-4H3/t11-/m1/s1. The Labute approximate surface area is 149 Å². The summed E-state index contributed by atoms with van der Waals surface area (Å²) in [6.07, 6.45) is 3.34. The molecule has 0 aliphatic heterocycles. The van der Waals surface area contributed by atoms with E-state index in [1.54, 1.807) is 24.3 Å². The molecule has 1 atom stereocenters. The molecule has 0 saturated carbocycles. The first kappa shape index (κ1) is 17.5. The van der Waals surface area contributed by atoms with Crippen LogP contribution in [0.4, 0.5) is 0 Å². The summed E-state index contributed by atoms with van der Waals surface area (Å²) in [6.45, 7) is 1.90. The number of fused-ring (bicyclic) bond motifs is 1. The second kappa shape index (κ2) is 6.55. The first-order chi connectivity index (χ1) is 12.3. The number of rotatable bonds is 3. The lowest BCUT2D eigenvalue weighted by molar-refractivity contribution is 0.0737. The minimum atomic E-state index is -0.488. The Kier molecular flexibility index (Phi) is 4.41. The third kappa shape index (κ3) is 2.79. The second-order valence-corrected chi connectivity index (χ2v) is 6.15. The molecule has 0 aliphatic carbocycles. The van der Waals surface area contributed by atoms with Crippen molar-refractivity contribution in [1.82, 2.24) is 24.0 Å². The van der Waals surface area contributed by atoms with Gasteiger partial charge in [0, 0.05) is 33.5 Å². The van der Waals surface area contributed by atoms with Crippen LogP contribution in [0.5, 0.6) is 0 Å². The monoisotopic (exact) mass is 353 g/mol. The summed E-state index contributed by atoms with van der Waals surface area (Å²) < 4.78 is 2.28. The maximum atomic E-state index is 12.8. The van der Waals surface area contributed by atoms with Crippen molar-refractivity contribution in [3.8, 4) is 0 Å². The van der Waals surface area contributed by atoms with E-state index >= 15 is 0 Å². The lowest BCUT2D eigenvalue weighted by atomic mass is 10.1.